The number of anilines is 2. The summed E-state index contributed by atoms with van der Waals surface area (Å²) < 4.78 is 11.2. The Kier molecular flexibility index (Phi) is 7.85. The molecular formula is C17H22ClN3O3. The Hall–Kier alpha value is -2.47. The van der Waals surface area contributed by atoms with Crippen LogP contribution in [0.25, 0.3) is 0 Å². The van der Waals surface area contributed by atoms with Gasteiger partial charge in [-0.2, -0.15) is 0 Å². The number of hydrogen-bond acceptors (Lipinski definition) is 5. The van der Waals surface area contributed by atoms with E-state index in [0.29, 0.717) is 41.8 Å². The number of amides is 1. The molecule has 0 fully saturated rings. The van der Waals surface area contributed by atoms with E-state index < -0.39 is 0 Å². The average Bonchev–Trinajstić information content (AvgIpc) is 2.56. The molecule has 0 atom stereocenters. The highest BCUT2D eigenvalue weighted by molar-refractivity contribution is 6.04. The van der Waals surface area contributed by atoms with E-state index in [2.05, 4.69) is 10.3 Å². The van der Waals surface area contributed by atoms with E-state index in [4.69, 9.17) is 15.2 Å². The number of nitrogens with one attached hydrogen (secondary N) is 1. The van der Waals surface area contributed by atoms with E-state index in [0.717, 1.165) is 6.42 Å². The maximum Gasteiger partial charge on any atom is 0.255 e. The average molecular weight is 352 g/mol. The van der Waals surface area contributed by atoms with Crippen molar-refractivity contribution in [1.82, 2.24) is 4.98 Å². The molecule has 6 nitrogen and oxygen atoms in total. The molecule has 1 aromatic heterocycles. The predicted octanol–water partition coefficient (Wildman–Crippen LogP) is 3.53. The minimum atomic E-state index is -0.250. The number of ether oxygens (including phenoxy) is 2. The number of pyridine rings is 1. The van der Waals surface area contributed by atoms with Gasteiger partial charge in [-0.05, 0) is 43.7 Å². The normalized spacial score (nSPS) is 9.75. The second-order valence-corrected chi connectivity index (χ2v) is 4.87. The van der Waals surface area contributed by atoms with Crippen molar-refractivity contribution in [2.24, 2.45) is 0 Å². The molecule has 0 radical (unpaired) electrons. The number of nitrogens with zero attached hydrogens (tertiary/aromatic N) is 1. The van der Waals surface area contributed by atoms with Crippen LogP contribution < -0.4 is 20.5 Å². The SMILES string of the molecule is CCCOc1ccc(C(=O)Nc2ccc(N)nc2)cc1OCC.Cl. The van der Waals surface area contributed by atoms with Gasteiger partial charge in [-0.25, -0.2) is 4.98 Å². The molecule has 0 unspecified atom stereocenters. The van der Waals surface area contributed by atoms with Crippen LogP contribution in [0.5, 0.6) is 11.5 Å². The number of halogens is 1. The highest BCUT2D eigenvalue weighted by atomic mass is 35.5. The molecule has 0 aliphatic rings. The summed E-state index contributed by atoms with van der Waals surface area (Å²) in [5, 5.41) is 2.76. The van der Waals surface area contributed by atoms with Gasteiger partial charge >= 0.3 is 0 Å². The number of hydrogen-bond donors (Lipinski definition) is 2. The molecule has 24 heavy (non-hydrogen) atoms. The first-order valence-corrected chi connectivity index (χ1v) is 7.56. The number of rotatable bonds is 7. The zero-order valence-electron chi connectivity index (χ0n) is 13.7. The fourth-order valence-corrected chi connectivity index (χ4v) is 1.93. The van der Waals surface area contributed by atoms with Gasteiger partial charge in [0.05, 0.1) is 25.1 Å². The van der Waals surface area contributed by atoms with E-state index in [1.165, 1.54) is 6.20 Å². The molecule has 1 amide bonds. The summed E-state index contributed by atoms with van der Waals surface area (Å²) in [7, 11) is 0. The van der Waals surface area contributed by atoms with Crippen LogP contribution in [0.4, 0.5) is 11.5 Å². The van der Waals surface area contributed by atoms with Gasteiger partial charge in [0.1, 0.15) is 5.82 Å². The highest BCUT2D eigenvalue weighted by Gasteiger charge is 2.12. The van der Waals surface area contributed by atoms with Crippen molar-refractivity contribution in [3.63, 3.8) is 0 Å². The quantitative estimate of drug-likeness (QED) is 0.796. The zero-order valence-corrected chi connectivity index (χ0v) is 14.6. The van der Waals surface area contributed by atoms with Gasteiger partial charge in [0.25, 0.3) is 5.91 Å². The Bertz CT molecular complexity index is 663. The van der Waals surface area contributed by atoms with Crippen LogP contribution in [0.15, 0.2) is 36.5 Å². The van der Waals surface area contributed by atoms with Crippen molar-refractivity contribution in [1.29, 1.82) is 0 Å². The van der Waals surface area contributed by atoms with Crippen LogP contribution >= 0.6 is 12.4 Å². The van der Waals surface area contributed by atoms with E-state index in [1.54, 1.807) is 30.3 Å². The third-order valence-corrected chi connectivity index (χ3v) is 3.01. The maximum absolute atomic E-state index is 12.3. The lowest BCUT2D eigenvalue weighted by Crippen LogP contribution is -2.12. The highest BCUT2D eigenvalue weighted by Crippen LogP contribution is 2.29. The molecule has 2 aromatic rings. The Labute approximate surface area is 147 Å². The van der Waals surface area contributed by atoms with Crippen LogP contribution in [0.3, 0.4) is 0 Å². The van der Waals surface area contributed by atoms with Gasteiger partial charge in [-0.15, -0.1) is 12.4 Å². The first kappa shape index (κ1) is 19.6. The fraction of sp³-hybridized carbons (Fsp3) is 0.294. The number of aromatic nitrogens is 1. The standard InChI is InChI=1S/C17H21N3O3.ClH/c1-3-9-23-14-7-5-12(10-15(14)22-4-2)17(21)20-13-6-8-16(18)19-11-13;/h5-8,10-11H,3-4,9H2,1-2H3,(H2,18,19)(H,20,21);1H. The van der Waals surface area contributed by atoms with E-state index in [-0.39, 0.29) is 18.3 Å². The molecule has 3 N–H and O–H groups in total. The summed E-state index contributed by atoms with van der Waals surface area (Å²) in [6.45, 7) is 5.01. The third-order valence-electron chi connectivity index (χ3n) is 3.01. The molecule has 0 saturated carbocycles. The summed E-state index contributed by atoms with van der Waals surface area (Å²) in [4.78, 5) is 16.3. The third kappa shape index (κ3) is 5.31. The lowest BCUT2D eigenvalue weighted by Gasteiger charge is -2.13. The first-order chi connectivity index (χ1) is 11.1. The summed E-state index contributed by atoms with van der Waals surface area (Å²) in [5.41, 5.74) is 6.58. The molecule has 0 bridgehead atoms. The number of benzene rings is 1. The monoisotopic (exact) mass is 351 g/mol. The largest absolute Gasteiger partial charge is 0.490 e. The minimum absolute atomic E-state index is 0. The minimum Gasteiger partial charge on any atom is -0.490 e. The summed E-state index contributed by atoms with van der Waals surface area (Å²) >= 11 is 0. The van der Waals surface area contributed by atoms with Crippen LogP contribution in [-0.2, 0) is 0 Å². The van der Waals surface area contributed by atoms with Gasteiger partial charge < -0.3 is 20.5 Å². The van der Waals surface area contributed by atoms with Crippen molar-refractivity contribution < 1.29 is 14.3 Å². The second kappa shape index (κ2) is 9.62. The molecule has 7 heteroatoms. The topological polar surface area (TPSA) is 86.5 Å². The van der Waals surface area contributed by atoms with Crippen molar-refractivity contribution in [3.05, 3.63) is 42.1 Å². The Balaban J connectivity index is 0.00000288. The van der Waals surface area contributed by atoms with Gasteiger partial charge in [0, 0.05) is 5.56 Å². The summed E-state index contributed by atoms with van der Waals surface area (Å²) in [6.07, 6.45) is 2.41. The predicted molar refractivity (Wildman–Crippen MR) is 97.2 cm³/mol. The smallest absolute Gasteiger partial charge is 0.255 e. The van der Waals surface area contributed by atoms with Gasteiger partial charge in [0.15, 0.2) is 11.5 Å². The molecule has 1 heterocycles. The summed E-state index contributed by atoms with van der Waals surface area (Å²) in [6, 6.07) is 8.45. The fourth-order valence-electron chi connectivity index (χ4n) is 1.93. The molecule has 0 aliphatic heterocycles. The number of nitrogen functional groups attached to an aromatic ring is 1. The number of nitrogens with two attached hydrogens (primary N) is 1. The van der Waals surface area contributed by atoms with Crippen LogP contribution in [-0.4, -0.2) is 24.1 Å². The van der Waals surface area contributed by atoms with Gasteiger partial charge in [0.2, 0.25) is 0 Å². The number of carbonyl (C=O) groups excluding carboxylic acids is 1. The Morgan fingerprint density at radius 2 is 1.96 bits per heavy atom. The van der Waals surface area contributed by atoms with Crippen molar-refractivity contribution in [2.45, 2.75) is 20.3 Å². The van der Waals surface area contributed by atoms with Crippen LogP contribution in [0.1, 0.15) is 30.6 Å². The van der Waals surface area contributed by atoms with E-state index in [9.17, 15) is 4.79 Å². The second-order valence-electron chi connectivity index (χ2n) is 4.87. The molecule has 0 saturated heterocycles. The number of carbonyl (C=O) groups is 1. The van der Waals surface area contributed by atoms with Crippen molar-refractivity contribution in [2.75, 3.05) is 24.3 Å². The van der Waals surface area contributed by atoms with Crippen LogP contribution in [0, 0.1) is 0 Å². The molecular weight excluding hydrogens is 330 g/mol. The van der Waals surface area contributed by atoms with Gasteiger partial charge in [-0.1, -0.05) is 6.92 Å². The lowest BCUT2D eigenvalue weighted by molar-refractivity contribution is 0.102. The molecule has 0 aliphatic carbocycles. The van der Waals surface area contributed by atoms with Crippen molar-refractivity contribution >= 4 is 29.8 Å². The van der Waals surface area contributed by atoms with E-state index in [1.807, 2.05) is 13.8 Å². The zero-order chi connectivity index (χ0) is 16.7. The molecule has 1 aromatic carbocycles. The molecule has 130 valence electrons. The van der Waals surface area contributed by atoms with Crippen LogP contribution in [0.2, 0.25) is 0 Å². The Morgan fingerprint density at radius 1 is 1.17 bits per heavy atom. The first-order valence-electron chi connectivity index (χ1n) is 7.56. The Morgan fingerprint density at radius 3 is 2.58 bits per heavy atom. The van der Waals surface area contributed by atoms with Gasteiger partial charge in [-0.3, -0.25) is 4.79 Å². The summed E-state index contributed by atoms with van der Waals surface area (Å²) in [5.74, 6) is 1.35. The van der Waals surface area contributed by atoms with E-state index >= 15 is 0 Å². The molecule has 2 rings (SSSR count). The lowest BCUT2D eigenvalue weighted by atomic mass is 10.2. The van der Waals surface area contributed by atoms with Crippen molar-refractivity contribution in [3.8, 4) is 11.5 Å². The maximum atomic E-state index is 12.3. The molecule has 0 spiro atoms.